The number of allylic oxidation sites excluding steroid dienone is 4. The van der Waals surface area contributed by atoms with Gasteiger partial charge in [0.15, 0.2) is 5.78 Å². The zero-order valence-electron chi connectivity index (χ0n) is 7.53. The highest BCUT2D eigenvalue weighted by atomic mass is 16.5. The summed E-state index contributed by atoms with van der Waals surface area (Å²) < 4.78 is 4.74. The summed E-state index contributed by atoms with van der Waals surface area (Å²) in [6.45, 7) is 2.11. The molecule has 1 aliphatic rings. The molecule has 3 nitrogen and oxygen atoms in total. The largest absolute Gasteiger partial charge is 0.466 e. The van der Waals surface area contributed by atoms with Crippen LogP contribution >= 0.6 is 0 Å². The van der Waals surface area contributed by atoms with Crippen LogP contribution in [0.4, 0.5) is 0 Å². The van der Waals surface area contributed by atoms with Gasteiger partial charge >= 0.3 is 5.97 Å². The highest BCUT2D eigenvalue weighted by Gasteiger charge is 2.18. The van der Waals surface area contributed by atoms with Crippen molar-refractivity contribution in [3.8, 4) is 0 Å². The zero-order chi connectivity index (χ0) is 9.68. The van der Waals surface area contributed by atoms with Gasteiger partial charge in [0.2, 0.25) is 0 Å². The Hall–Kier alpha value is -1.38. The highest BCUT2D eigenvalue weighted by molar-refractivity contribution is 5.96. The smallest absolute Gasteiger partial charge is 0.306 e. The predicted molar refractivity (Wildman–Crippen MR) is 48.0 cm³/mol. The predicted octanol–water partition coefficient (Wildman–Crippen LogP) is 1.25. The SMILES string of the molecule is CCOC(=O)CC1C=CC=CC1=O. The Labute approximate surface area is 77.1 Å². The van der Waals surface area contributed by atoms with Crippen LogP contribution in [-0.4, -0.2) is 18.4 Å². The van der Waals surface area contributed by atoms with Crippen molar-refractivity contribution in [2.45, 2.75) is 13.3 Å². The summed E-state index contributed by atoms with van der Waals surface area (Å²) in [6.07, 6.45) is 6.78. The molecule has 13 heavy (non-hydrogen) atoms. The minimum absolute atomic E-state index is 0.0319. The third-order valence-corrected chi connectivity index (χ3v) is 1.77. The van der Waals surface area contributed by atoms with Gasteiger partial charge in [0.1, 0.15) is 0 Å². The molecule has 0 spiro atoms. The maximum atomic E-state index is 11.2. The summed E-state index contributed by atoms with van der Waals surface area (Å²) in [7, 11) is 0. The summed E-state index contributed by atoms with van der Waals surface area (Å²) in [4.78, 5) is 22.2. The van der Waals surface area contributed by atoms with Crippen molar-refractivity contribution in [3.05, 3.63) is 24.3 Å². The molecule has 0 aromatic carbocycles. The molecule has 0 fully saturated rings. The van der Waals surface area contributed by atoms with Crippen LogP contribution < -0.4 is 0 Å². The fourth-order valence-electron chi connectivity index (χ4n) is 1.14. The van der Waals surface area contributed by atoms with Crippen molar-refractivity contribution in [1.29, 1.82) is 0 Å². The van der Waals surface area contributed by atoms with Gasteiger partial charge < -0.3 is 4.74 Å². The van der Waals surface area contributed by atoms with Gasteiger partial charge in [-0.05, 0) is 13.0 Å². The van der Waals surface area contributed by atoms with Gasteiger partial charge in [-0.15, -0.1) is 0 Å². The molecular weight excluding hydrogens is 168 g/mol. The Bertz CT molecular complexity index is 263. The van der Waals surface area contributed by atoms with Gasteiger partial charge in [-0.25, -0.2) is 0 Å². The molecular formula is C10H12O3. The van der Waals surface area contributed by atoms with Crippen LogP contribution in [0.15, 0.2) is 24.3 Å². The second kappa shape index (κ2) is 4.60. The maximum absolute atomic E-state index is 11.2. The van der Waals surface area contributed by atoms with E-state index in [4.69, 9.17) is 4.74 Å². The van der Waals surface area contributed by atoms with Gasteiger partial charge in [0.25, 0.3) is 0 Å². The van der Waals surface area contributed by atoms with E-state index >= 15 is 0 Å². The number of carbonyl (C=O) groups is 2. The lowest BCUT2D eigenvalue weighted by molar-refractivity contribution is -0.145. The van der Waals surface area contributed by atoms with Crippen molar-refractivity contribution in [1.82, 2.24) is 0 Å². The fraction of sp³-hybridized carbons (Fsp3) is 0.400. The monoisotopic (exact) mass is 180 g/mol. The van der Waals surface area contributed by atoms with Crippen molar-refractivity contribution in [2.24, 2.45) is 5.92 Å². The van der Waals surface area contributed by atoms with E-state index in [1.807, 2.05) is 0 Å². The molecule has 3 heteroatoms. The molecule has 0 N–H and O–H groups in total. The summed E-state index contributed by atoms with van der Waals surface area (Å²) in [5.74, 6) is -0.680. The van der Waals surface area contributed by atoms with E-state index in [0.29, 0.717) is 6.61 Å². The number of ether oxygens (including phenoxy) is 1. The van der Waals surface area contributed by atoms with Crippen LogP contribution in [0.5, 0.6) is 0 Å². The third kappa shape index (κ3) is 2.86. The molecule has 0 bridgehead atoms. The van der Waals surface area contributed by atoms with Gasteiger partial charge in [-0.1, -0.05) is 18.2 Å². The van der Waals surface area contributed by atoms with E-state index in [0.717, 1.165) is 0 Å². The van der Waals surface area contributed by atoms with Crippen molar-refractivity contribution in [2.75, 3.05) is 6.61 Å². The molecule has 0 saturated carbocycles. The topological polar surface area (TPSA) is 43.4 Å². The first-order valence-corrected chi connectivity index (χ1v) is 4.28. The molecule has 1 unspecified atom stereocenters. The van der Waals surface area contributed by atoms with Gasteiger partial charge in [-0.2, -0.15) is 0 Å². The molecule has 0 saturated heterocycles. The molecule has 1 rings (SSSR count). The van der Waals surface area contributed by atoms with Gasteiger partial charge in [0, 0.05) is 0 Å². The minimum Gasteiger partial charge on any atom is -0.466 e. The number of hydrogen-bond acceptors (Lipinski definition) is 3. The Kier molecular flexibility index (Phi) is 3.43. The Morgan fingerprint density at radius 3 is 2.92 bits per heavy atom. The van der Waals surface area contributed by atoms with E-state index in [1.54, 1.807) is 25.2 Å². The Morgan fingerprint density at radius 1 is 1.54 bits per heavy atom. The molecule has 1 aliphatic carbocycles. The van der Waals surface area contributed by atoms with Crippen LogP contribution in [0.1, 0.15) is 13.3 Å². The second-order valence-electron chi connectivity index (χ2n) is 2.76. The molecule has 0 heterocycles. The highest BCUT2D eigenvalue weighted by Crippen LogP contribution is 2.12. The number of rotatable bonds is 3. The molecule has 70 valence electrons. The van der Waals surface area contributed by atoms with E-state index in [1.165, 1.54) is 6.08 Å². The summed E-state index contributed by atoms with van der Waals surface area (Å²) in [6, 6.07) is 0. The summed E-state index contributed by atoms with van der Waals surface area (Å²) in [5.41, 5.74) is 0. The summed E-state index contributed by atoms with van der Waals surface area (Å²) >= 11 is 0. The van der Waals surface area contributed by atoms with E-state index in [9.17, 15) is 9.59 Å². The van der Waals surface area contributed by atoms with Crippen molar-refractivity contribution in [3.63, 3.8) is 0 Å². The lowest BCUT2D eigenvalue weighted by Gasteiger charge is -2.10. The normalized spacial score (nSPS) is 20.4. The Balaban J connectivity index is 2.45. The Morgan fingerprint density at radius 2 is 2.31 bits per heavy atom. The van der Waals surface area contributed by atoms with Crippen LogP contribution in [-0.2, 0) is 14.3 Å². The number of esters is 1. The maximum Gasteiger partial charge on any atom is 0.306 e. The molecule has 0 radical (unpaired) electrons. The average molecular weight is 180 g/mol. The van der Waals surface area contributed by atoms with Crippen LogP contribution in [0.3, 0.4) is 0 Å². The first-order valence-electron chi connectivity index (χ1n) is 4.28. The van der Waals surface area contributed by atoms with E-state index in [-0.39, 0.29) is 24.1 Å². The standard InChI is InChI=1S/C10H12O3/c1-2-13-10(12)7-8-5-3-4-6-9(8)11/h3-6,8H,2,7H2,1H3. The van der Waals surface area contributed by atoms with Gasteiger partial charge in [-0.3, -0.25) is 9.59 Å². The average Bonchev–Trinajstić information content (AvgIpc) is 2.09. The first kappa shape index (κ1) is 9.71. The number of carbonyl (C=O) groups excluding carboxylic acids is 2. The lowest BCUT2D eigenvalue weighted by atomic mass is 9.96. The first-order chi connectivity index (χ1) is 6.24. The van der Waals surface area contributed by atoms with Crippen LogP contribution in [0, 0.1) is 5.92 Å². The number of ketones is 1. The molecule has 0 aromatic rings. The zero-order valence-corrected chi connectivity index (χ0v) is 7.53. The van der Waals surface area contributed by atoms with Crippen molar-refractivity contribution < 1.29 is 14.3 Å². The third-order valence-electron chi connectivity index (χ3n) is 1.77. The molecule has 0 amide bonds. The van der Waals surface area contributed by atoms with E-state index in [2.05, 4.69) is 0 Å². The summed E-state index contributed by atoms with van der Waals surface area (Å²) in [5, 5.41) is 0. The minimum atomic E-state index is -0.330. The fourth-order valence-corrected chi connectivity index (χ4v) is 1.14. The van der Waals surface area contributed by atoms with Crippen LogP contribution in [0.25, 0.3) is 0 Å². The lowest BCUT2D eigenvalue weighted by Crippen LogP contribution is -2.17. The quantitative estimate of drug-likeness (QED) is 0.614. The van der Waals surface area contributed by atoms with E-state index < -0.39 is 0 Å². The molecule has 1 atom stereocenters. The van der Waals surface area contributed by atoms with Crippen LogP contribution in [0.2, 0.25) is 0 Å². The second-order valence-corrected chi connectivity index (χ2v) is 2.76. The molecule has 0 aliphatic heterocycles. The van der Waals surface area contributed by atoms with Crippen molar-refractivity contribution >= 4 is 11.8 Å². The molecule has 0 aromatic heterocycles. The van der Waals surface area contributed by atoms with Gasteiger partial charge in [0.05, 0.1) is 18.9 Å². The number of hydrogen-bond donors (Lipinski definition) is 0.